The SMILES string of the molecule is O=C(Nc1ccccc1C1CCNCC1)c1ccc(-c2ccn[nH]2)s1. The van der Waals surface area contributed by atoms with E-state index in [-0.39, 0.29) is 5.91 Å². The van der Waals surface area contributed by atoms with Crippen molar-refractivity contribution < 1.29 is 4.79 Å². The number of piperidine rings is 1. The van der Waals surface area contributed by atoms with Gasteiger partial charge in [-0.15, -0.1) is 11.3 Å². The van der Waals surface area contributed by atoms with Crippen molar-refractivity contribution in [1.82, 2.24) is 15.5 Å². The summed E-state index contributed by atoms with van der Waals surface area (Å²) in [5.74, 6) is 0.443. The number of amides is 1. The molecule has 5 nitrogen and oxygen atoms in total. The number of H-pyrrole nitrogens is 1. The van der Waals surface area contributed by atoms with Crippen molar-refractivity contribution in [2.24, 2.45) is 0 Å². The Morgan fingerprint density at radius 2 is 1.96 bits per heavy atom. The second-order valence-electron chi connectivity index (χ2n) is 6.20. The number of thiophene rings is 1. The number of aromatic nitrogens is 2. The van der Waals surface area contributed by atoms with Gasteiger partial charge in [-0.3, -0.25) is 9.89 Å². The first-order valence-electron chi connectivity index (χ1n) is 8.52. The first kappa shape index (κ1) is 16.1. The molecule has 3 heterocycles. The maximum absolute atomic E-state index is 12.7. The predicted molar refractivity (Wildman–Crippen MR) is 101 cm³/mol. The summed E-state index contributed by atoms with van der Waals surface area (Å²) in [4.78, 5) is 14.4. The summed E-state index contributed by atoms with van der Waals surface area (Å²) in [6, 6.07) is 13.9. The van der Waals surface area contributed by atoms with Crippen molar-refractivity contribution in [3.63, 3.8) is 0 Å². The average Bonchev–Trinajstić information content (AvgIpc) is 3.34. The van der Waals surface area contributed by atoms with Gasteiger partial charge in [0.25, 0.3) is 5.91 Å². The van der Waals surface area contributed by atoms with E-state index in [0.717, 1.165) is 42.2 Å². The topological polar surface area (TPSA) is 69.8 Å². The lowest BCUT2D eigenvalue weighted by molar-refractivity contribution is 0.103. The van der Waals surface area contributed by atoms with Crippen LogP contribution in [0, 0.1) is 0 Å². The average molecular weight is 352 g/mol. The molecule has 0 spiro atoms. The van der Waals surface area contributed by atoms with E-state index in [1.807, 2.05) is 30.3 Å². The number of nitrogens with zero attached hydrogens (tertiary/aromatic N) is 1. The van der Waals surface area contributed by atoms with Crippen molar-refractivity contribution in [1.29, 1.82) is 0 Å². The molecule has 1 fully saturated rings. The summed E-state index contributed by atoms with van der Waals surface area (Å²) in [6.45, 7) is 2.07. The van der Waals surface area contributed by atoms with Gasteiger partial charge in [0.15, 0.2) is 0 Å². The molecule has 1 aliphatic rings. The van der Waals surface area contributed by atoms with Crippen LogP contribution in [0.2, 0.25) is 0 Å². The van der Waals surface area contributed by atoms with Gasteiger partial charge in [-0.05, 0) is 61.7 Å². The van der Waals surface area contributed by atoms with Gasteiger partial charge in [0.1, 0.15) is 0 Å². The van der Waals surface area contributed by atoms with Crippen LogP contribution in [0.15, 0.2) is 48.7 Å². The zero-order valence-corrected chi connectivity index (χ0v) is 14.6. The standard InChI is InChI=1S/C19H20N4OS/c24-19(18-6-5-17(25-18)16-9-12-21-23-16)22-15-4-2-1-3-14(15)13-7-10-20-11-8-13/h1-6,9,12-13,20H,7-8,10-11H2,(H,21,23)(H,22,24). The number of para-hydroxylation sites is 1. The summed E-state index contributed by atoms with van der Waals surface area (Å²) in [7, 11) is 0. The number of benzene rings is 1. The molecule has 128 valence electrons. The third-order valence-electron chi connectivity index (χ3n) is 4.58. The van der Waals surface area contributed by atoms with E-state index < -0.39 is 0 Å². The fourth-order valence-corrected chi connectivity index (χ4v) is 4.16. The number of hydrogen-bond acceptors (Lipinski definition) is 4. The molecule has 3 aromatic rings. The zero-order chi connectivity index (χ0) is 17.1. The minimum atomic E-state index is -0.0582. The van der Waals surface area contributed by atoms with Crippen molar-refractivity contribution >= 4 is 22.9 Å². The number of anilines is 1. The third kappa shape index (κ3) is 3.50. The van der Waals surface area contributed by atoms with Crippen molar-refractivity contribution in [3.05, 3.63) is 59.1 Å². The smallest absolute Gasteiger partial charge is 0.265 e. The fraction of sp³-hybridized carbons (Fsp3) is 0.263. The van der Waals surface area contributed by atoms with Gasteiger partial charge in [-0.1, -0.05) is 18.2 Å². The first-order chi connectivity index (χ1) is 12.3. The molecule has 0 atom stereocenters. The summed E-state index contributed by atoms with van der Waals surface area (Å²) in [5, 5.41) is 13.4. The lowest BCUT2D eigenvalue weighted by atomic mass is 9.89. The van der Waals surface area contributed by atoms with Gasteiger partial charge in [-0.25, -0.2) is 0 Å². The highest BCUT2D eigenvalue weighted by Crippen LogP contribution is 2.32. The van der Waals surface area contributed by atoms with E-state index in [4.69, 9.17) is 0 Å². The highest BCUT2D eigenvalue weighted by Gasteiger charge is 2.19. The number of nitrogens with one attached hydrogen (secondary N) is 3. The Morgan fingerprint density at radius 3 is 2.76 bits per heavy atom. The summed E-state index contributed by atoms with van der Waals surface area (Å²) in [6.07, 6.45) is 3.93. The van der Waals surface area contributed by atoms with Crippen molar-refractivity contribution in [2.75, 3.05) is 18.4 Å². The van der Waals surface area contributed by atoms with Crippen LogP contribution in [-0.4, -0.2) is 29.2 Å². The van der Waals surface area contributed by atoms with Gasteiger partial charge >= 0.3 is 0 Å². The Bertz CT molecular complexity index is 850. The van der Waals surface area contributed by atoms with Gasteiger partial charge in [0, 0.05) is 11.9 Å². The highest BCUT2D eigenvalue weighted by atomic mass is 32.1. The minimum absolute atomic E-state index is 0.0582. The Kier molecular flexibility index (Phi) is 4.63. The van der Waals surface area contributed by atoms with E-state index in [1.54, 1.807) is 6.20 Å². The first-order valence-corrected chi connectivity index (χ1v) is 9.33. The third-order valence-corrected chi connectivity index (χ3v) is 5.70. The Balaban J connectivity index is 1.53. The number of carbonyl (C=O) groups excluding carboxylic acids is 1. The van der Waals surface area contributed by atoms with Crippen LogP contribution in [0.25, 0.3) is 10.6 Å². The molecular weight excluding hydrogens is 332 g/mol. The van der Waals surface area contributed by atoms with Crippen LogP contribution >= 0.6 is 11.3 Å². The van der Waals surface area contributed by atoms with Gasteiger partial charge < -0.3 is 10.6 Å². The van der Waals surface area contributed by atoms with E-state index in [2.05, 4.69) is 33.0 Å². The molecular formula is C19H20N4OS. The van der Waals surface area contributed by atoms with Crippen LogP contribution < -0.4 is 10.6 Å². The molecule has 1 saturated heterocycles. The molecule has 1 aromatic carbocycles. The molecule has 0 unspecified atom stereocenters. The maximum atomic E-state index is 12.7. The molecule has 4 rings (SSSR count). The van der Waals surface area contributed by atoms with E-state index in [1.165, 1.54) is 16.9 Å². The minimum Gasteiger partial charge on any atom is -0.321 e. The van der Waals surface area contributed by atoms with Gasteiger partial charge in [0.2, 0.25) is 0 Å². The second kappa shape index (κ2) is 7.21. The van der Waals surface area contributed by atoms with Crippen LogP contribution in [0.5, 0.6) is 0 Å². The monoisotopic (exact) mass is 352 g/mol. The summed E-state index contributed by atoms with van der Waals surface area (Å²) < 4.78 is 0. The molecule has 3 N–H and O–H groups in total. The van der Waals surface area contributed by atoms with Gasteiger partial charge in [-0.2, -0.15) is 5.10 Å². The maximum Gasteiger partial charge on any atom is 0.265 e. The number of rotatable bonds is 4. The van der Waals surface area contributed by atoms with Crippen LogP contribution in [-0.2, 0) is 0 Å². The zero-order valence-electron chi connectivity index (χ0n) is 13.8. The predicted octanol–water partition coefficient (Wildman–Crippen LogP) is 3.86. The Hall–Kier alpha value is -2.44. The number of hydrogen-bond donors (Lipinski definition) is 3. The molecule has 1 aliphatic heterocycles. The van der Waals surface area contributed by atoms with Crippen LogP contribution in [0.4, 0.5) is 5.69 Å². The van der Waals surface area contributed by atoms with Gasteiger partial charge in [0.05, 0.1) is 15.4 Å². The van der Waals surface area contributed by atoms with Crippen LogP contribution in [0.3, 0.4) is 0 Å². The molecule has 25 heavy (non-hydrogen) atoms. The largest absolute Gasteiger partial charge is 0.321 e. The second-order valence-corrected chi connectivity index (χ2v) is 7.28. The molecule has 0 radical (unpaired) electrons. The molecule has 6 heteroatoms. The molecule has 0 saturated carbocycles. The summed E-state index contributed by atoms with van der Waals surface area (Å²) >= 11 is 1.47. The molecule has 1 amide bonds. The lowest BCUT2D eigenvalue weighted by Crippen LogP contribution is -2.27. The molecule has 2 aromatic heterocycles. The lowest BCUT2D eigenvalue weighted by Gasteiger charge is -2.25. The molecule has 0 aliphatic carbocycles. The van der Waals surface area contributed by atoms with E-state index in [9.17, 15) is 4.79 Å². The highest BCUT2D eigenvalue weighted by molar-refractivity contribution is 7.17. The quantitative estimate of drug-likeness (QED) is 0.668. The fourth-order valence-electron chi connectivity index (χ4n) is 3.28. The normalized spacial score (nSPS) is 15.2. The van der Waals surface area contributed by atoms with E-state index in [0.29, 0.717) is 10.8 Å². The van der Waals surface area contributed by atoms with E-state index >= 15 is 0 Å². The summed E-state index contributed by atoms with van der Waals surface area (Å²) in [5.41, 5.74) is 3.10. The Labute approximate surface area is 150 Å². The number of carbonyl (C=O) groups is 1. The number of aromatic amines is 1. The molecule has 0 bridgehead atoms. The van der Waals surface area contributed by atoms with Crippen molar-refractivity contribution in [2.45, 2.75) is 18.8 Å². The van der Waals surface area contributed by atoms with Crippen LogP contribution in [0.1, 0.15) is 34.0 Å². The van der Waals surface area contributed by atoms with Crippen molar-refractivity contribution in [3.8, 4) is 10.6 Å². The Morgan fingerprint density at radius 1 is 1.12 bits per heavy atom.